The Kier molecular flexibility index (Phi) is 23.9. The summed E-state index contributed by atoms with van der Waals surface area (Å²) in [6.07, 6.45) is 10.7. The van der Waals surface area contributed by atoms with Gasteiger partial charge in [0, 0.05) is 52.4 Å². The van der Waals surface area contributed by atoms with Crippen molar-refractivity contribution in [1.29, 1.82) is 0 Å². The van der Waals surface area contributed by atoms with Gasteiger partial charge in [-0.3, -0.25) is 0 Å². The zero-order valence-electron chi connectivity index (χ0n) is 20.4. The van der Waals surface area contributed by atoms with Crippen LogP contribution in [0, 0.1) is 11.8 Å². The Bertz CT molecular complexity index is 273. The first-order valence-corrected chi connectivity index (χ1v) is 12.8. The lowest BCUT2D eigenvalue weighted by molar-refractivity contribution is 0.417. The molecule has 0 aromatic heterocycles. The largest absolute Gasteiger partial charge is 0.315 e. The molecule has 0 spiro atoms. The van der Waals surface area contributed by atoms with Gasteiger partial charge in [-0.25, -0.2) is 0 Å². The number of hydrogen-bond donors (Lipinski definition) is 5. The van der Waals surface area contributed by atoms with Crippen molar-refractivity contribution < 1.29 is 0 Å². The van der Waals surface area contributed by atoms with Gasteiger partial charge in [0.2, 0.25) is 0 Å². The monoisotopic (exact) mass is 413 g/mol. The van der Waals surface area contributed by atoms with Crippen LogP contribution in [0.2, 0.25) is 0 Å². The maximum absolute atomic E-state index is 3.60. The van der Waals surface area contributed by atoms with Gasteiger partial charge in [-0.2, -0.15) is 0 Å². The molecule has 5 N–H and O–H groups in total. The third-order valence-corrected chi connectivity index (χ3v) is 5.87. The van der Waals surface area contributed by atoms with Crippen molar-refractivity contribution in [1.82, 2.24) is 26.6 Å². The Balaban J connectivity index is 3.24. The number of unbranched alkanes of at least 4 members (excludes halogenated alkanes) is 2. The molecule has 0 radical (unpaired) electrons. The Morgan fingerprint density at radius 2 is 0.759 bits per heavy atom. The van der Waals surface area contributed by atoms with Crippen molar-refractivity contribution in [3.05, 3.63) is 0 Å². The van der Waals surface area contributed by atoms with Gasteiger partial charge in [-0.15, -0.1) is 0 Å². The van der Waals surface area contributed by atoms with E-state index in [0.29, 0.717) is 0 Å². The zero-order chi connectivity index (χ0) is 21.4. The predicted molar refractivity (Wildman–Crippen MR) is 131 cm³/mol. The van der Waals surface area contributed by atoms with Gasteiger partial charge in [-0.05, 0) is 37.8 Å². The number of nitrogens with one attached hydrogen (secondary N) is 5. The molecule has 0 bridgehead atoms. The molecule has 0 rings (SSSR count). The highest BCUT2D eigenvalue weighted by atomic mass is 15.0. The molecule has 0 aliphatic rings. The molecule has 5 heteroatoms. The smallest absolute Gasteiger partial charge is 0.00772 e. The normalized spacial score (nSPS) is 13.7. The summed E-state index contributed by atoms with van der Waals surface area (Å²) in [4.78, 5) is 0. The van der Waals surface area contributed by atoms with E-state index in [4.69, 9.17) is 0 Å². The Labute approximate surface area is 183 Å². The van der Waals surface area contributed by atoms with E-state index in [9.17, 15) is 0 Å². The van der Waals surface area contributed by atoms with E-state index in [1.807, 2.05) is 0 Å². The van der Waals surface area contributed by atoms with Gasteiger partial charge in [0.15, 0.2) is 0 Å². The molecule has 0 aromatic rings. The topological polar surface area (TPSA) is 60.1 Å². The molecule has 0 saturated carbocycles. The van der Waals surface area contributed by atoms with Crippen LogP contribution in [0.4, 0.5) is 0 Å². The van der Waals surface area contributed by atoms with Crippen LogP contribution in [0.3, 0.4) is 0 Å². The first-order chi connectivity index (χ1) is 14.3. The van der Waals surface area contributed by atoms with Crippen molar-refractivity contribution in [2.75, 3.05) is 65.4 Å². The van der Waals surface area contributed by atoms with Crippen LogP contribution in [0.25, 0.3) is 0 Å². The summed E-state index contributed by atoms with van der Waals surface area (Å²) in [6, 6.07) is 0. The van der Waals surface area contributed by atoms with E-state index in [0.717, 1.165) is 64.2 Å². The fraction of sp³-hybridized carbons (Fsp3) is 1.00. The second kappa shape index (κ2) is 24.1. The van der Waals surface area contributed by atoms with Gasteiger partial charge in [0.1, 0.15) is 0 Å². The second-order valence-electron chi connectivity index (χ2n) is 8.49. The summed E-state index contributed by atoms with van der Waals surface area (Å²) in [6.45, 7) is 20.0. The van der Waals surface area contributed by atoms with Crippen molar-refractivity contribution in [2.45, 2.75) is 79.1 Å². The Morgan fingerprint density at radius 3 is 1.03 bits per heavy atom. The SMILES string of the molecule is CCCCC(CC)CNCCNCCNCCNCCNCC(CC)CCCC. The lowest BCUT2D eigenvalue weighted by Crippen LogP contribution is -2.37. The van der Waals surface area contributed by atoms with Crippen molar-refractivity contribution in [2.24, 2.45) is 11.8 Å². The lowest BCUT2D eigenvalue weighted by atomic mass is 9.99. The zero-order valence-corrected chi connectivity index (χ0v) is 20.4. The highest BCUT2D eigenvalue weighted by Gasteiger charge is 2.05. The highest BCUT2D eigenvalue weighted by Crippen LogP contribution is 2.11. The van der Waals surface area contributed by atoms with E-state index in [-0.39, 0.29) is 0 Å². The van der Waals surface area contributed by atoms with Crippen LogP contribution in [-0.2, 0) is 0 Å². The third kappa shape index (κ3) is 20.8. The summed E-state index contributed by atoms with van der Waals surface area (Å²) >= 11 is 0. The molecular weight excluding hydrogens is 358 g/mol. The summed E-state index contributed by atoms with van der Waals surface area (Å²) in [5, 5.41) is 17.7. The van der Waals surface area contributed by atoms with E-state index in [1.54, 1.807) is 0 Å². The average molecular weight is 414 g/mol. The highest BCUT2D eigenvalue weighted by molar-refractivity contribution is 4.63. The molecule has 0 aliphatic carbocycles. The molecule has 0 fully saturated rings. The van der Waals surface area contributed by atoms with Crippen LogP contribution in [0.1, 0.15) is 79.1 Å². The molecule has 5 nitrogen and oxygen atoms in total. The van der Waals surface area contributed by atoms with Gasteiger partial charge in [0.05, 0.1) is 0 Å². The second-order valence-corrected chi connectivity index (χ2v) is 8.49. The van der Waals surface area contributed by atoms with E-state index in [1.165, 1.54) is 64.5 Å². The van der Waals surface area contributed by atoms with Gasteiger partial charge >= 0.3 is 0 Å². The first-order valence-electron chi connectivity index (χ1n) is 12.8. The number of hydrogen-bond acceptors (Lipinski definition) is 5. The molecule has 176 valence electrons. The molecule has 2 atom stereocenters. The van der Waals surface area contributed by atoms with Gasteiger partial charge in [-0.1, -0.05) is 66.2 Å². The minimum atomic E-state index is 0.855. The summed E-state index contributed by atoms with van der Waals surface area (Å²) in [5.41, 5.74) is 0. The van der Waals surface area contributed by atoms with Crippen molar-refractivity contribution >= 4 is 0 Å². The summed E-state index contributed by atoms with van der Waals surface area (Å²) in [7, 11) is 0. The Hall–Kier alpha value is -0.200. The minimum absolute atomic E-state index is 0.855. The maximum atomic E-state index is 3.60. The average Bonchev–Trinajstić information content (AvgIpc) is 2.75. The van der Waals surface area contributed by atoms with Crippen LogP contribution < -0.4 is 26.6 Å². The van der Waals surface area contributed by atoms with Gasteiger partial charge in [0.25, 0.3) is 0 Å². The maximum Gasteiger partial charge on any atom is 0.00772 e. The molecule has 0 aliphatic heterocycles. The van der Waals surface area contributed by atoms with Crippen LogP contribution in [-0.4, -0.2) is 65.4 Å². The standard InChI is InChI=1S/C24H55N5/c1-5-9-11-23(7-3)21-28-19-17-26-15-13-25-14-16-27-18-20-29-22-24(8-4)12-10-6-2/h23-29H,5-22H2,1-4H3. The molecule has 0 saturated heterocycles. The summed E-state index contributed by atoms with van der Waals surface area (Å²) < 4.78 is 0. The molecule has 0 amide bonds. The van der Waals surface area contributed by atoms with E-state index >= 15 is 0 Å². The van der Waals surface area contributed by atoms with E-state index < -0.39 is 0 Å². The van der Waals surface area contributed by atoms with Crippen molar-refractivity contribution in [3.8, 4) is 0 Å². The molecule has 29 heavy (non-hydrogen) atoms. The molecular formula is C24H55N5. The van der Waals surface area contributed by atoms with Crippen LogP contribution in [0.5, 0.6) is 0 Å². The summed E-state index contributed by atoms with van der Waals surface area (Å²) in [5.74, 6) is 1.71. The van der Waals surface area contributed by atoms with Gasteiger partial charge < -0.3 is 26.6 Å². The Morgan fingerprint density at radius 1 is 0.448 bits per heavy atom. The number of rotatable bonds is 24. The fourth-order valence-electron chi connectivity index (χ4n) is 3.58. The quantitative estimate of drug-likeness (QED) is 0.157. The first kappa shape index (κ1) is 28.8. The molecule has 0 aromatic carbocycles. The lowest BCUT2D eigenvalue weighted by Gasteiger charge is -2.15. The third-order valence-electron chi connectivity index (χ3n) is 5.87. The predicted octanol–water partition coefficient (Wildman–Crippen LogP) is 3.37. The molecule has 2 unspecified atom stereocenters. The van der Waals surface area contributed by atoms with Crippen LogP contribution >= 0.6 is 0 Å². The molecule has 0 heterocycles. The fourth-order valence-corrected chi connectivity index (χ4v) is 3.58. The minimum Gasteiger partial charge on any atom is -0.315 e. The van der Waals surface area contributed by atoms with E-state index in [2.05, 4.69) is 54.3 Å². The van der Waals surface area contributed by atoms with Crippen molar-refractivity contribution in [3.63, 3.8) is 0 Å². The van der Waals surface area contributed by atoms with Crippen LogP contribution in [0.15, 0.2) is 0 Å².